The Hall–Kier alpha value is -2.14. The van der Waals surface area contributed by atoms with Crippen molar-refractivity contribution < 1.29 is 9.63 Å². The summed E-state index contributed by atoms with van der Waals surface area (Å²) in [4.78, 5) is 2.35. The number of hydrogen-bond donors (Lipinski definition) is 1. The predicted molar refractivity (Wildman–Crippen MR) is 102 cm³/mol. The number of fused-ring (bicyclic) bond motifs is 1. The van der Waals surface area contributed by atoms with Crippen molar-refractivity contribution in [2.45, 2.75) is 25.5 Å². The van der Waals surface area contributed by atoms with Crippen LogP contribution in [0, 0.1) is 0 Å². The molecule has 1 aliphatic rings. The van der Waals surface area contributed by atoms with Gasteiger partial charge in [-0.3, -0.25) is 4.90 Å². The molecule has 0 fully saturated rings. The zero-order chi connectivity index (χ0) is 17.9. The van der Waals surface area contributed by atoms with Crippen molar-refractivity contribution in [2.75, 3.05) is 13.1 Å². The van der Waals surface area contributed by atoms with E-state index in [2.05, 4.69) is 10.1 Å². The quantitative estimate of drug-likeness (QED) is 0.721. The van der Waals surface area contributed by atoms with E-state index in [0.29, 0.717) is 11.4 Å². The van der Waals surface area contributed by atoms with Crippen LogP contribution in [0.2, 0.25) is 5.02 Å². The maximum absolute atomic E-state index is 10.4. The maximum Gasteiger partial charge on any atom is 0.143 e. The molecule has 1 atom stereocenters. The molecule has 0 amide bonds. The highest BCUT2D eigenvalue weighted by Gasteiger charge is 2.25. The number of aliphatic hydroxyl groups is 1. The summed E-state index contributed by atoms with van der Waals surface area (Å²) in [6.45, 7) is 2.54. The summed E-state index contributed by atoms with van der Waals surface area (Å²) >= 11 is 5.99. The predicted octanol–water partition coefficient (Wildman–Crippen LogP) is 4.48. The van der Waals surface area contributed by atoms with Crippen molar-refractivity contribution in [3.8, 4) is 11.3 Å². The Bertz CT molecular complexity index is 861. The van der Waals surface area contributed by atoms with Gasteiger partial charge < -0.3 is 9.63 Å². The van der Waals surface area contributed by atoms with Crippen molar-refractivity contribution in [2.24, 2.45) is 0 Å². The molecule has 1 aromatic heterocycles. The fourth-order valence-electron chi connectivity index (χ4n) is 3.44. The Morgan fingerprint density at radius 2 is 1.88 bits per heavy atom. The summed E-state index contributed by atoms with van der Waals surface area (Å²) in [5, 5.41) is 15.4. The lowest BCUT2D eigenvalue weighted by Gasteiger charge is -2.27. The van der Waals surface area contributed by atoms with Crippen LogP contribution < -0.4 is 0 Å². The van der Waals surface area contributed by atoms with Crippen LogP contribution in [0.15, 0.2) is 59.1 Å². The molecule has 0 aliphatic carbocycles. The topological polar surface area (TPSA) is 49.5 Å². The first-order chi connectivity index (χ1) is 12.7. The van der Waals surface area contributed by atoms with Gasteiger partial charge in [-0.25, -0.2) is 0 Å². The van der Waals surface area contributed by atoms with Crippen LogP contribution in [0.25, 0.3) is 11.3 Å². The standard InChI is InChI=1S/C21H21ClN2O2/c22-17-8-6-16(7-9-17)21-18-14-24(13-11-20(18)26-23-21)12-10-19(25)15-4-2-1-3-5-15/h1-9,19,25H,10-14H2/t19-/m0/s1. The summed E-state index contributed by atoms with van der Waals surface area (Å²) in [6.07, 6.45) is 1.12. The van der Waals surface area contributed by atoms with Gasteiger partial charge >= 0.3 is 0 Å². The monoisotopic (exact) mass is 368 g/mol. The Morgan fingerprint density at radius 1 is 1.12 bits per heavy atom. The first-order valence-electron chi connectivity index (χ1n) is 8.89. The van der Waals surface area contributed by atoms with Gasteiger partial charge in [-0.1, -0.05) is 59.2 Å². The van der Waals surface area contributed by atoms with Crippen LogP contribution in [0.4, 0.5) is 0 Å². The van der Waals surface area contributed by atoms with Gasteiger partial charge in [0.1, 0.15) is 11.5 Å². The van der Waals surface area contributed by atoms with Crippen LogP contribution in [-0.4, -0.2) is 28.3 Å². The number of nitrogens with zero attached hydrogens (tertiary/aromatic N) is 2. The van der Waals surface area contributed by atoms with Crippen molar-refractivity contribution in [1.29, 1.82) is 0 Å². The van der Waals surface area contributed by atoms with Crippen LogP contribution in [0.1, 0.15) is 29.4 Å². The SMILES string of the molecule is O[C@@H](CCN1CCc2onc(-c3ccc(Cl)cc3)c2C1)c1ccccc1. The van der Waals surface area contributed by atoms with Crippen molar-refractivity contribution >= 4 is 11.6 Å². The Labute approximate surface area is 158 Å². The van der Waals surface area contributed by atoms with Gasteiger partial charge in [0.15, 0.2) is 0 Å². The zero-order valence-electron chi connectivity index (χ0n) is 14.4. The Kier molecular flexibility index (Phi) is 5.07. The minimum atomic E-state index is -0.434. The number of halogens is 1. The molecule has 1 N–H and O–H groups in total. The van der Waals surface area contributed by atoms with Crippen LogP contribution in [0.3, 0.4) is 0 Å². The van der Waals surface area contributed by atoms with Crippen molar-refractivity contribution in [1.82, 2.24) is 10.1 Å². The fourth-order valence-corrected chi connectivity index (χ4v) is 3.56. The molecule has 1 aliphatic heterocycles. The molecule has 0 spiro atoms. The van der Waals surface area contributed by atoms with E-state index in [1.807, 2.05) is 54.6 Å². The Morgan fingerprint density at radius 3 is 2.65 bits per heavy atom. The molecule has 134 valence electrons. The molecule has 5 heteroatoms. The van der Waals surface area contributed by atoms with Gasteiger partial charge in [-0.15, -0.1) is 0 Å². The molecule has 3 aromatic rings. The average molecular weight is 369 g/mol. The minimum absolute atomic E-state index is 0.434. The smallest absolute Gasteiger partial charge is 0.143 e. The fraction of sp³-hybridized carbons (Fsp3) is 0.286. The van der Waals surface area contributed by atoms with Gasteiger partial charge in [0.05, 0.1) is 6.10 Å². The molecule has 0 unspecified atom stereocenters. The van der Waals surface area contributed by atoms with E-state index >= 15 is 0 Å². The normalized spacial score (nSPS) is 15.6. The molecule has 26 heavy (non-hydrogen) atoms. The molecule has 2 aromatic carbocycles. The number of rotatable bonds is 5. The molecular weight excluding hydrogens is 348 g/mol. The van der Waals surface area contributed by atoms with E-state index in [1.165, 1.54) is 0 Å². The molecule has 4 nitrogen and oxygen atoms in total. The van der Waals surface area contributed by atoms with Gasteiger partial charge in [0.25, 0.3) is 0 Å². The third kappa shape index (κ3) is 3.68. The molecule has 0 bridgehead atoms. The third-order valence-corrected chi connectivity index (χ3v) is 5.18. The van der Waals surface area contributed by atoms with E-state index in [1.54, 1.807) is 0 Å². The third-order valence-electron chi connectivity index (χ3n) is 4.93. The largest absolute Gasteiger partial charge is 0.388 e. The highest BCUT2D eigenvalue weighted by atomic mass is 35.5. The number of hydrogen-bond acceptors (Lipinski definition) is 4. The van der Waals surface area contributed by atoms with E-state index < -0.39 is 6.10 Å². The summed E-state index contributed by atoms with van der Waals surface area (Å²) in [5.74, 6) is 0.967. The summed E-state index contributed by atoms with van der Waals surface area (Å²) in [5.41, 5.74) is 4.03. The maximum atomic E-state index is 10.4. The second kappa shape index (κ2) is 7.62. The minimum Gasteiger partial charge on any atom is -0.388 e. The number of aromatic nitrogens is 1. The highest BCUT2D eigenvalue weighted by molar-refractivity contribution is 6.30. The lowest BCUT2D eigenvalue weighted by atomic mass is 10.0. The first kappa shape index (κ1) is 17.3. The molecule has 4 rings (SSSR count). The van der Waals surface area contributed by atoms with E-state index in [0.717, 1.165) is 54.2 Å². The van der Waals surface area contributed by atoms with E-state index in [4.69, 9.17) is 16.1 Å². The highest BCUT2D eigenvalue weighted by Crippen LogP contribution is 2.31. The second-order valence-electron chi connectivity index (χ2n) is 6.68. The van der Waals surface area contributed by atoms with Crippen LogP contribution in [0.5, 0.6) is 0 Å². The van der Waals surface area contributed by atoms with E-state index in [-0.39, 0.29) is 0 Å². The summed E-state index contributed by atoms with van der Waals surface area (Å²) in [6, 6.07) is 17.5. The lowest BCUT2D eigenvalue weighted by Crippen LogP contribution is -2.31. The summed E-state index contributed by atoms with van der Waals surface area (Å²) < 4.78 is 5.56. The van der Waals surface area contributed by atoms with Crippen LogP contribution >= 0.6 is 11.6 Å². The second-order valence-corrected chi connectivity index (χ2v) is 7.12. The molecular formula is C21H21ClN2O2. The zero-order valence-corrected chi connectivity index (χ0v) is 15.2. The molecule has 0 saturated heterocycles. The van der Waals surface area contributed by atoms with Gasteiger partial charge in [0.2, 0.25) is 0 Å². The van der Waals surface area contributed by atoms with E-state index in [9.17, 15) is 5.11 Å². The van der Waals surface area contributed by atoms with Crippen LogP contribution in [-0.2, 0) is 13.0 Å². The van der Waals surface area contributed by atoms with Gasteiger partial charge in [-0.05, 0) is 24.1 Å². The molecule has 0 saturated carbocycles. The lowest BCUT2D eigenvalue weighted by molar-refractivity contribution is 0.135. The average Bonchev–Trinajstić information content (AvgIpc) is 3.10. The summed E-state index contributed by atoms with van der Waals surface area (Å²) in [7, 11) is 0. The first-order valence-corrected chi connectivity index (χ1v) is 9.27. The number of aliphatic hydroxyl groups excluding tert-OH is 1. The van der Waals surface area contributed by atoms with Gasteiger partial charge in [0, 0.05) is 42.2 Å². The molecule has 0 radical (unpaired) electrons. The van der Waals surface area contributed by atoms with Crippen molar-refractivity contribution in [3.05, 3.63) is 76.5 Å². The van der Waals surface area contributed by atoms with Crippen molar-refractivity contribution in [3.63, 3.8) is 0 Å². The van der Waals surface area contributed by atoms with Gasteiger partial charge in [-0.2, -0.15) is 0 Å². The molecule has 2 heterocycles. The Balaban J connectivity index is 1.44. The number of benzene rings is 2.